The van der Waals surface area contributed by atoms with Crippen LogP contribution in [0.25, 0.3) is 0 Å². The van der Waals surface area contributed by atoms with Gasteiger partial charge in [0.1, 0.15) is 12.7 Å². The Labute approximate surface area is 152 Å². The largest absolute Gasteiger partial charge is 0.481 e. The molecule has 0 aromatic carbocycles. The van der Waals surface area contributed by atoms with Crippen LogP contribution in [0.15, 0.2) is 0 Å². The molecule has 150 valence electrons. The molecule has 0 spiro atoms. The molecule has 0 aromatic rings. The number of carboxylic acid groups (broad SMARTS) is 1. The number of carboxylic acids is 1. The average Bonchev–Trinajstić information content (AvgIpc) is 2.58. The molecule has 0 fully saturated rings. The minimum atomic E-state index is -0.948. The number of aliphatic hydroxyl groups is 2. The van der Waals surface area contributed by atoms with Gasteiger partial charge in [-0.2, -0.15) is 0 Å². The van der Waals surface area contributed by atoms with Gasteiger partial charge in [-0.25, -0.2) is 0 Å². The van der Waals surface area contributed by atoms with Crippen molar-refractivity contribution in [3.63, 3.8) is 0 Å². The minimum absolute atomic E-state index is 0.116. The van der Waals surface area contributed by atoms with Gasteiger partial charge in [-0.1, -0.05) is 65.2 Å². The summed E-state index contributed by atoms with van der Waals surface area (Å²) in [5.41, 5.74) is 0. The van der Waals surface area contributed by atoms with Crippen LogP contribution < -0.4 is 0 Å². The van der Waals surface area contributed by atoms with E-state index in [0.717, 1.165) is 19.3 Å². The van der Waals surface area contributed by atoms with Crippen molar-refractivity contribution in [3.05, 3.63) is 0 Å². The molecule has 0 aliphatic heterocycles. The minimum Gasteiger partial charge on any atom is -0.481 e. The lowest BCUT2D eigenvalue weighted by molar-refractivity contribution is -0.147. The fourth-order valence-corrected chi connectivity index (χ4v) is 2.11. The van der Waals surface area contributed by atoms with E-state index in [1.807, 2.05) is 6.92 Å². The Bertz CT molecular complexity index is 306. The van der Waals surface area contributed by atoms with Gasteiger partial charge >= 0.3 is 11.9 Å². The van der Waals surface area contributed by atoms with Gasteiger partial charge in [0.25, 0.3) is 0 Å². The smallest absolute Gasteiger partial charge is 0.305 e. The van der Waals surface area contributed by atoms with Gasteiger partial charge in [0.05, 0.1) is 6.61 Å². The van der Waals surface area contributed by atoms with Crippen molar-refractivity contribution in [1.29, 1.82) is 0 Å². The van der Waals surface area contributed by atoms with E-state index in [4.69, 9.17) is 15.3 Å². The number of carbonyl (C=O) groups is 2. The zero-order chi connectivity index (χ0) is 19.3. The molecule has 1 atom stereocenters. The van der Waals surface area contributed by atoms with E-state index in [1.165, 1.54) is 44.9 Å². The highest BCUT2D eigenvalue weighted by atomic mass is 16.5. The highest BCUT2D eigenvalue weighted by Crippen LogP contribution is 2.10. The number of aliphatic hydroxyl groups excluding tert-OH is 2. The van der Waals surface area contributed by atoms with Crippen molar-refractivity contribution in [2.45, 2.75) is 97.0 Å². The summed E-state index contributed by atoms with van der Waals surface area (Å²) in [6.07, 6.45) is 11.6. The first kappa shape index (κ1) is 26.1. The molecular formula is C19H38O6. The standard InChI is InChI=1S/C12H24O2.C7H14O4/c1-2-3-4-5-6-7-8-9-10-11-12(13)14;1-2-3-7(10)11-5-6(9)4-8/h2-11H2,1H3,(H,13,14);6,8-9H,2-5H2,1H3. The monoisotopic (exact) mass is 362 g/mol. The number of hydrogen-bond acceptors (Lipinski definition) is 5. The molecule has 6 nitrogen and oxygen atoms in total. The Kier molecular flexibility index (Phi) is 21.8. The summed E-state index contributed by atoms with van der Waals surface area (Å²) in [7, 11) is 0. The topological polar surface area (TPSA) is 104 Å². The van der Waals surface area contributed by atoms with Gasteiger partial charge in [0, 0.05) is 12.8 Å². The fraction of sp³-hybridized carbons (Fsp3) is 0.895. The Morgan fingerprint density at radius 1 is 0.840 bits per heavy atom. The number of hydrogen-bond donors (Lipinski definition) is 3. The van der Waals surface area contributed by atoms with E-state index in [2.05, 4.69) is 11.7 Å². The molecule has 0 aliphatic rings. The maximum Gasteiger partial charge on any atom is 0.305 e. The fourth-order valence-electron chi connectivity index (χ4n) is 2.11. The normalized spacial score (nSPS) is 11.4. The summed E-state index contributed by atoms with van der Waals surface area (Å²) in [6, 6.07) is 0. The lowest BCUT2D eigenvalue weighted by atomic mass is 10.1. The molecule has 0 rings (SSSR count). The van der Waals surface area contributed by atoms with Crippen molar-refractivity contribution in [2.75, 3.05) is 13.2 Å². The summed E-state index contributed by atoms with van der Waals surface area (Å²) in [6.45, 7) is 3.60. The summed E-state index contributed by atoms with van der Waals surface area (Å²) in [5.74, 6) is -0.993. The Hall–Kier alpha value is -1.14. The molecular weight excluding hydrogens is 324 g/mol. The highest BCUT2D eigenvalue weighted by Gasteiger charge is 2.05. The zero-order valence-corrected chi connectivity index (χ0v) is 16.0. The van der Waals surface area contributed by atoms with Crippen molar-refractivity contribution in [2.24, 2.45) is 0 Å². The molecule has 0 bridgehead atoms. The molecule has 6 heteroatoms. The van der Waals surface area contributed by atoms with Crippen molar-refractivity contribution >= 4 is 11.9 Å². The molecule has 1 unspecified atom stereocenters. The molecule has 0 amide bonds. The molecule has 3 N–H and O–H groups in total. The third-order valence-electron chi connectivity index (χ3n) is 3.60. The third-order valence-corrected chi connectivity index (χ3v) is 3.60. The maximum absolute atomic E-state index is 10.6. The van der Waals surface area contributed by atoms with Gasteiger partial charge in [0.15, 0.2) is 0 Å². The van der Waals surface area contributed by atoms with E-state index in [0.29, 0.717) is 12.8 Å². The Morgan fingerprint density at radius 2 is 1.36 bits per heavy atom. The van der Waals surface area contributed by atoms with Crippen LogP contribution in [-0.2, 0) is 14.3 Å². The molecule has 0 saturated carbocycles. The molecule has 0 heterocycles. The Morgan fingerprint density at radius 3 is 1.80 bits per heavy atom. The zero-order valence-electron chi connectivity index (χ0n) is 16.0. The van der Waals surface area contributed by atoms with Crippen LogP contribution in [0, 0.1) is 0 Å². The van der Waals surface area contributed by atoms with Gasteiger partial charge < -0.3 is 20.1 Å². The van der Waals surface area contributed by atoms with Crippen molar-refractivity contribution in [1.82, 2.24) is 0 Å². The second kappa shape index (κ2) is 20.9. The van der Waals surface area contributed by atoms with Crippen LogP contribution in [0.2, 0.25) is 0 Å². The van der Waals surface area contributed by atoms with E-state index in [1.54, 1.807) is 0 Å². The van der Waals surface area contributed by atoms with Gasteiger partial charge in [-0.15, -0.1) is 0 Å². The number of unbranched alkanes of at least 4 members (excludes halogenated alkanes) is 8. The number of carbonyl (C=O) groups excluding carboxylic acids is 1. The lowest BCUT2D eigenvalue weighted by Crippen LogP contribution is -2.21. The summed E-state index contributed by atoms with van der Waals surface area (Å²) < 4.78 is 4.59. The molecule has 25 heavy (non-hydrogen) atoms. The number of ether oxygens (including phenoxy) is 1. The second-order valence-corrected chi connectivity index (χ2v) is 6.24. The number of aliphatic carboxylic acids is 1. The van der Waals surface area contributed by atoms with Crippen LogP contribution in [-0.4, -0.2) is 46.6 Å². The van der Waals surface area contributed by atoms with Crippen LogP contribution in [0.1, 0.15) is 90.9 Å². The number of esters is 1. The van der Waals surface area contributed by atoms with Crippen LogP contribution in [0.3, 0.4) is 0 Å². The molecule has 0 saturated heterocycles. The maximum atomic E-state index is 10.6. The second-order valence-electron chi connectivity index (χ2n) is 6.24. The van der Waals surface area contributed by atoms with E-state index < -0.39 is 12.1 Å². The predicted molar refractivity (Wildman–Crippen MR) is 98.4 cm³/mol. The van der Waals surface area contributed by atoms with Gasteiger partial charge in [-0.05, 0) is 12.8 Å². The van der Waals surface area contributed by atoms with E-state index in [-0.39, 0.29) is 19.2 Å². The first-order chi connectivity index (χ1) is 12.0. The van der Waals surface area contributed by atoms with E-state index >= 15 is 0 Å². The molecule has 0 aliphatic carbocycles. The summed E-state index contributed by atoms with van der Waals surface area (Å²) in [5, 5.41) is 25.5. The van der Waals surface area contributed by atoms with Gasteiger partial charge in [0.2, 0.25) is 0 Å². The Balaban J connectivity index is 0. The average molecular weight is 363 g/mol. The third kappa shape index (κ3) is 25.2. The van der Waals surface area contributed by atoms with Crippen LogP contribution >= 0.6 is 0 Å². The molecule has 0 aromatic heterocycles. The van der Waals surface area contributed by atoms with Crippen molar-refractivity contribution < 1.29 is 29.6 Å². The first-order valence-corrected chi connectivity index (χ1v) is 9.64. The van der Waals surface area contributed by atoms with Crippen LogP contribution in [0.5, 0.6) is 0 Å². The van der Waals surface area contributed by atoms with E-state index in [9.17, 15) is 9.59 Å². The lowest BCUT2D eigenvalue weighted by Gasteiger charge is -2.07. The van der Waals surface area contributed by atoms with Crippen molar-refractivity contribution in [3.8, 4) is 0 Å². The SMILES string of the molecule is CCCC(=O)OCC(O)CO.CCCCCCCCCCCC(=O)O. The highest BCUT2D eigenvalue weighted by molar-refractivity contribution is 5.69. The first-order valence-electron chi connectivity index (χ1n) is 9.64. The number of rotatable bonds is 15. The molecule has 0 radical (unpaired) electrons. The van der Waals surface area contributed by atoms with Crippen LogP contribution in [0.4, 0.5) is 0 Å². The summed E-state index contributed by atoms with van der Waals surface area (Å²) in [4.78, 5) is 20.9. The quantitative estimate of drug-likeness (QED) is 0.303. The predicted octanol–water partition coefficient (Wildman–Crippen LogP) is 3.67. The summed E-state index contributed by atoms with van der Waals surface area (Å²) >= 11 is 0. The van der Waals surface area contributed by atoms with Gasteiger partial charge in [-0.3, -0.25) is 9.59 Å².